The molecule has 43 heavy (non-hydrogen) atoms. The van der Waals surface area contributed by atoms with Crippen molar-refractivity contribution >= 4 is 28.3 Å². The van der Waals surface area contributed by atoms with Crippen LogP contribution in [0.4, 0.5) is 15.9 Å². The maximum atomic E-state index is 14.0. The molecule has 220 valence electrons. The van der Waals surface area contributed by atoms with Gasteiger partial charge in [0.2, 0.25) is 5.91 Å². The molecule has 10 heteroatoms. The van der Waals surface area contributed by atoms with Gasteiger partial charge in [0, 0.05) is 42.6 Å². The molecule has 1 aromatic carbocycles. The average Bonchev–Trinajstić information content (AvgIpc) is 3.67. The minimum Gasteiger partial charge on any atom is -0.357 e. The Hall–Kier alpha value is -4.83. The van der Waals surface area contributed by atoms with Crippen molar-refractivity contribution in [1.82, 2.24) is 24.4 Å². The lowest BCUT2D eigenvalue weighted by Gasteiger charge is -2.19. The lowest BCUT2D eigenvalue weighted by molar-refractivity contribution is -0.117. The molecule has 1 fully saturated rings. The largest absolute Gasteiger partial charge is 0.357 e. The molecule has 0 bridgehead atoms. The summed E-state index contributed by atoms with van der Waals surface area (Å²) in [5.41, 5.74) is 4.84. The second-order valence-corrected chi connectivity index (χ2v) is 11.0. The number of carbonyl (C=O) groups excluding carboxylic acids is 1. The molecule has 0 radical (unpaired) electrons. The summed E-state index contributed by atoms with van der Waals surface area (Å²) in [7, 11) is 1.69. The van der Waals surface area contributed by atoms with E-state index in [1.54, 1.807) is 49.3 Å². The number of amides is 1. The normalized spacial score (nSPS) is 13.9. The molecule has 0 saturated carbocycles. The number of pyridine rings is 3. The number of aryl methyl sites for hydroxylation is 1. The van der Waals surface area contributed by atoms with Crippen molar-refractivity contribution in [3.05, 3.63) is 101 Å². The highest BCUT2D eigenvalue weighted by Crippen LogP contribution is 2.28. The summed E-state index contributed by atoms with van der Waals surface area (Å²) >= 11 is 0. The van der Waals surface area contributed by atoms with Crippen LogP contribution in [0.25, 0.3) is 27.8 Å². The highest BCUT2D eigenvalue weighted by atomic mass is 19.1. The van der Waals surface area contributed by atoms with Crippen LogP contribution in [0.2, 0.25) is 0 Å². The van der Waals surface area contributed by atoms with Crippen LogP contribution in [-0.2, 0) is 11.3 Å². The Morgan fingerprint density at radius 3 is 2.67 bits per heavy atom. The van der Waals surface area contributed by atoms with Crippen molar-refractivity contribution in [2.45, 2.75) is 39.3 Å². The lowest BCUT2D eigenvalue weighted by Crippen LogP contribution is -2.37. The fourth-order valence-electron chi connectivity index (χ4n) is 5.61. The molecule has 1 aliphatic rings. The maximum absolute atomic E-state index is 14.0. The third-order valence-corrected chi connectivity index (χ3v) is 8.09. The van der Waals surface area contributed by atoms with Crippen LogP contribution in [0.1, 0.15) is 30.9 Å². The van der Waals surface area contributed by atoms with Crippen molar-refractivity contribution in [2.24, 2.45) is 0 Å². The number of anilines is 2. The van der Waals surface area contributed by atoms with Gasteiger partial charge in [0.15, 0.2) is 0 Å². The number of nitrogens with one attached hydrogen (secondary N) is 2. The Kier molecular flexibility index (Phi) is 7.77. The van der Waals surface area contributed by atoms with Gasteiger partial charge >= 0.3 is 0 Å². The summed E-state index contributed by atoms with van der Waals surface area (Å²) in [6, 6.07) is 13.7. The fraction of sp³-hybridized carbons (Fsp3) is 0.273. The molecular formula is C33H34FN7O2. The van der Waals surface area contributed by atoms with Crippen LogP contribution in [-0.4, -0.2) is 51.2 Å². The predicted octanol–water partition coefficient (Wildman–Crippen LogP) is 4.89. The molecule has 1 atom stereocenters. The Morgan fingerprint density at radius 1 is 1.07 bits per heavy atom. The Balaban J connectivity index is 1.42. The van der Waals surface area contributed by atoms with Crippen LogP contribution in [0.3, 0.4) is 0 Å². The van der Waals surface area contributed by atoms with Crippen LogP contribution in [0, 0.1) is 12.7 Å². The van der Waals surface area contributed by atoms with Crippen molar-refractivity contribution in [3.63, 3.8) is 0 Å². The van der Waals surface area contributed by atoms with Crippen LogP contribution >= 0.6 is 0 Å². The molecule has 0 unspecified atom stereocenters. The standard InChI is InChI=1S/C33H34FN7O2/c1-21-19-40(30-8-6-25(34)16-27(21)30)26-14-23(17-36-18-26)20-41-29(9-7-28(33(41)43)38-32(42)22(2)35-3)24-10-11-37-31(15-24)39-12-4-5-13-39/h6-11,14-19,22,35H,4-5,12-13,20H2,1-3H3,(H,38,42)/t22-/m0/s1. The van der Waals surface area contributed by atoms with Crippen LogP contribution in [0.15, 0.2) is 78.1 Å². The number of benzene rings is 1. The van der Waals surface area contributed by atoms with Gasteiger partial charge in [0.1, 0.15) is 17.3 Å². The summed E-state index contributed by atoms with van der Waals surface area (Å²) in [5.74, 6) is 0.297. The lowest BCUT2D eigenvalue weighted by atomic mass is 10.1. The van der Waals surface area contributed by atoms with Gasteiger partial charge < -0.3 is 24.7 Å². The van der Waals surface area contributed by atoms with Crippen LogP contribution < -0.4 is 21.1 Å². The smallest absolute Gasteiger partial charge is 0.275 e. The second-order valence-electron chi connectivity index (χ2n) is 11.0. The van der Waals surface area contributed by atoms with Gasteiger partial charge in [-0.1, -0.05) is 0 Å². The molecule has 5 aromatic rings. The number of carbonyl (C=O) groups is 1. The number of hydrogen-bond acceptors (Lipinski definition) is 6. The van der Waals surface area contributed by atoms with E-state index in [2.05, 4.69) is 25.5 Å². The van der Waals surface area contributed by atoms with E-state index in [0.29, 0.717) is 5.69 Å². The van der Waals surface area contributed by atoms with E-state index in [0.717, 1.165) is 65.0 Å². The molecular weight excluding hydrogens is 545 g/mol. The van der Waals surface area contributed by atoms with Crippen molar-refractivity contribution < 1.29 is 9.18 Å². The predicted molar refractivity (Wildman–Crippen MR) is 167 cm³/mol. The first-order chi connectivity index (χ1) is 20.8. The highest BCUT2D eigenvalue weighted by molar-refractivity contribution is 5.94. The zero-order chi connectivity index (χ0) is 30.1. The van der Waals surface area contributed by atoms with Gasteiger partial charge in [0.25, 0.3) is 5.56 Å². The number of hydrogen-bond donors (Lipinski definition) is 2. The van der Waals surface area contributed by atoms with E-state index in [4.69, 9.17) is 0 Å². The molecule has 6 rings (SSSR count). The van der Waals surface area contributed by atoms with Gasteiger partial charge in [-0.25, -0.2) is 9.37 Å². The van der Waals surface area contributed by atoms with Crippen LogP contribution in [0.5, 0.6) is 0 Å². The Bertz CT molecular complexity index is 1870. The zero-order valence-corrected chi connectivity index (χ0v) is 24.5. The zero-order valence-electron chi connectivity index (χ0n) is 24.5. The summed E-state index contributed by atoms with van der Waals surface area (Å²) in [6.07, 6.45) is 9.46. The first kappa shape index (κ1) is 28.3. The van der Waals surface area contributed by atoms with E-state index in [1.165, 1.54) is 12.1 Å². The highest BCUT2D eigenvalue weighted by Gasteiger charge is 2.19. The number of fused-ring (bicyclic) bond motifs is 1. The summed E-state index contributed by atoms with van der Waals surface area (Å²) in [4.78, 5) is 38.0. The summed E-state index contributed by atoms with van der Waals surface area (Å²) in [5, 5.41) is 6.51. The van der Waals surface area contributed by atoms with Crippen molar-refractivity contribution in [2.75, 3.05) is 30.4 Å². The number of halogens is 1. The van der Waals surface area contributed by atoms with Crippen molar-refractivity contribution in [3.8, 4) is 16.9 Å². The van der Waals surface area contributed by atoms with E-state index >= 15 is 0 Å². The minimum atomic E-state index is -0.468. The number of rotatable bonds is 8. The molecule has 2 N–H and O–H groups in total. The molecule has 0 aliphatic carbocycles. The minimum absolute atomic E-state index is 0.197. The maximum Gasteiger partial charge on any atom is 0.275 e. The van der Waals surface area contributed by atoms with E-state index in [9.17, 15) is 14.0 Å². The topological polar surface area (TPSA) is 97.1 Å². The van der Waals surface area contributed by atoms with E-state index < -0.39 is 6.04 Å². The monoisotopic (exact) mass is 579 g/mol. The third kappa shape index (κ3) is 5.65. The average molecular weight is 580 g/mol. The number of nitrogens with zero attached hydrogens (tertiary/aromatic N) is 5. The molecule has 1 amide bonds. The summed E-state index contributed by atoms with van der Waals surface area (Å²) in [6.45, 7) is 5.81. The summed E-state index contributed by atoms with van der Waals surface area (Å²) < 4.78 is 17.6. The first-order valence-electron chi connectivity index (χ1n) is 14.5. The Labute approximate surface area is 249 Å². The molecule has 0 spiro atoms. The Morgan fingerprint density at radius 2 is 1.88 bits per heavy atom. The fourth-order valence-corrected chi connectivity index (χ4v) is 5.61. The van der Waals surface area contributed by atoms with Crippen molar-refractivity contribution in [1.29, 1.82) is 0 Å². The molecule has 9 nitrogen and oxygen atoms in total. The van der Waals surface area contributed by atoms with Gasteiger partial charge in [0.05, 0.1) is 35.7 Å². The van der Waals surface area contributed by atoms with Gasteiger partial charge in [-0.05, 0) is 93.4 Å². The van der Waals surface area contributed by atoms with E-state index in [1.807, 2.05) is 42.0 Å². The molecule has 1 aliphatic heterocycles. The third-order valence-electron chi connectivity index (χ3n) is 8.09. The van der Waals surface area contributed by atoms with E-state index in [-0.39, 0.29) is 29.5 Å². The van der Waals surface area contributed by atoms with Gasteiger partial charge in [-0.15, -0.1) is 0 Å². The molecule has 1 saturated heterocycles. The molecule has 4 aromatic heterocycles. The second kappa shape index (κ2) is 11.8. The quantitative estimate of drug-likeness (QED) is 0.272. The molecule has 5 heterocycles. The first-order valence-corrected chi connectivity index (χ1v) is 14.5. The van der Waals surface area contributed by atoms with Gasteiger partial charge in [-0.2, -0.15) is 0 Å². The number of likely N-dealkylation sites (N-methyl/N-ethyl adjacent to an activating group) is 1. The SMILES string of the molecule is CN[C@@H](C)C(=O)Nc1ccc(-c2ccnc(N3CCCC3)c2)n(Cc2cncc(-n3cc(C)c4cc(F)ccc43)c2)c1=O. The number of aromatic nitrogens is 4. The van der Waals surface area contributed by atoms with Gasteiger partial charge in [-0.3, -0.25) is 14.6 Å².